The Morgan fingerprint density at radius 2 is 1.53 bits per heavy atom. The van der Waals surface area contributed by atoms with Crippen molar-refractivity contribution >= 4 is 11.7 Å². The fraction of sp³-hybridized carbons (Fsp3) is 0.320. The molecule has 1 fully saturated rings. The van der Waals surface area contributed by atoms with Crippen LogP contribution in [0.15, 0.2) is 60.7 Å². The molecule has 30 heavy (non-hydrogen) atoms. The maximum absolute atomic E-state index is 13.4. The first-order chi connectivity index (χ1) is 14.8. The van der Waals surface area contributed by atoms with Gasteiger partial charge in [0.2, 0.25) is 0 Å². The molecule has 5 rings (SSSR count). The number of aromatic nitrogens is 2. The third kappa shape index (κ3) is 3.80. The highest BCUT2D eigenvalue weighted by Crippen LogP contribution is 2.25. The summed E-state index contributed by atoms with van der Waals surface area (Å²) in [6, 6.07) is 20.2. The van der Waals surface area contributed by atoms with Crippen LogP contribution in [0.3, 0.4) is 0 Å². The van der Waals surface area contributed by atoms with Crippen LogP contribution in [0.5, 0.6) is 0 Å². The van der Waals surface area contributed by atoms with Crippen LogP contribution in [0.25, 0.3) is 11.4 Å². The predicted molar refractivity (Wildman–Crippen MR) is 118 cm³/mol. The fourth-order valence-corrected chi connectivity index (χ4v) is 4.38. The number of hydrogen-bond acceptors (Lipinski definition) is 4. The summed E-state index contributed by atoms with van der Waals surface area (Å²) in [5.41, 5.74) is 3.99. The highest BCUT2D eigenvalue weighted by Gasteiger charge is 2.25. The second-order valence-corrected chi connectivity index (χ2v) is 8.09. The third-order valence-corrected chi connectivity index (χ3v) is 6.06. The van der Waals surface area contributed by atoms with Crippen molar-refractivity contribution in [3.63, 3.8) is 0 Å². The Morgan fingerprint density at radius 1 is 0.800 bits per heavy atom. The lowest BCUT2D eigenvalue weighted by Gasteiger charge is -2.30. The van der Waals surface area contributed by atoms with Gasteiger partial charge in [-0.05, 0) is 36.8 Å². The van der Waals surface area contributed by atoms with Crippen LogP contribution in [0.1, 0.15) is 40.9 Å². The minimum atomic E-state index is -0.0117. The average molecular weight is 399 g/mol. The molecule has 2 aliphatic heterocycles. The number of carbonyl (C=O) groups excluding carboxylic acids is 1. The van der Waals surface area contributed by atoms with Crippen LogP contribution in [-0.4, -0.2) is 40.4 Å². The number of piperidine rings is 1. The summed E-state index contributed by atoms with van der Waals surface area (Å²) in [6.45, 7) is 3.32. The second kappa shape index (κ2) is 8.27. The molecule has 0 spiro atoms. The first kappa shape index (κ1) is 18.8. The normalized spacial score (nSPS) is 16.3. The van der Waals surface area contributed by atoms with Gasteiger partial charge in [0.05, 0.1) is 0 Å². The number of benzene rings is 2. The fourth-order valence-electron chi connectivity index (χ4n) is 4.38. The van der Waals surface area contributed by atoms with Crippen LogP contribution in [0.4, 0.5) is 5.82 Å². The molecule has 1 saturated heterocycles. The van der Waals surface area contributed by atoms with E-state index in [4.69, 9.17) is 9.97 Å². The van der Waals surface area contributed by atoms with Gasteiger partial charge in [-0.1, -0.05) is 54.6 Å². The van der Waals surface area contributed by atoms with Crippen molar-refractivity contribution < 1.29 is 4.79 Å². The zero-order valence-electron chi connectivity index (χ0n) is 17.1. The van der Waals surface area contributed by atoms with Crippen molar-refractivity contribution in [3.05, 3.63) is 77.5 Å². The highest BCUT2D eigenvalue weighted by molar-refractivity contribution is 5.93. The van der Waals surface area contributed by atoms with E-state index in [2.05, 4.69) is 23.1 Å². The van der Waals surface area contributed by atoms with Gasteiger partial charge >= 0.3 is 0 Å². The van der Waals surface area contributed by atoms with Crippen LogP contribution in [-0.2, 0) is 13.0 Å². The lowest BCUT2D eigenvalue weighted by molar-refractivity contribution is 0.0728. The molecule has 3 aromatic rings. The van der Waals surface area contributed by atoms with Crippen LogP contribution in [0.2, 0.25) is 0 Å². The van der Waals surface area contributed by atoms with Gasteiger partial charge in [-0.15, -0.1) is 0 Å². The molecule has 0 radical (unpaired) electrons. The number of hydrogen-bond donors (Lipinski definition) is 0. The minimum Gasteiger partial charge on any atom is -0.356 e. The standard InChI is InChI=1S/C25H26N4O/c30-25(29-16-13-19-9-5-6-12-21(19)18-29)22-17-23(28-14-7-2-8-15-28)27-24(26-22)20-10-3-1-4-11-20/h1,3-6,9-12,17H,2,7-8,13-16,18H2. The van der Waals surface area contributed by atoms with Crippen molar-refractivity contribution in [1.29, 1.82) is 0 Å². The van der Waals surface area contributed by atoms with Crippen molar-refractivity contribution in [2.24, 2.45) is 0 Å². The monoisotopic (exact) mass is 398 g/mol. The van der Waals surface area contributed by atoms with Crippen molar-refractivity contribution in [2.45, 2.75) is 32.2 Å². The molecule has 0 atom stereocenters. The Morgan fingerprint density at radius 3 is 2.33 bits per heavy atom. The maximum atomic E-state index is 13.4. The summed E-state index contributed by atoms with van der Waals surface area (Å²) in [4.78, 5) is 27.2. The molecule has 2 aliphatic rings. The van der Waals surface area contributed by atoms with E-state index in [0.717, 1.165) is 50.3 Å². The van der Waals surface area contributed by atoms with E-state index in [9.17, 15) is 4.79 Å². The van der Waals surface area contributed by atoms with Gasteiger partial charge in [0.25, 0.3) is 5.91 Å². The summed E-state index contributed by atoms with van der Waals surface area (Å²) >= 11 is 0. The maximum Gasteiger partial charge on any atom is 0.272 e. The summed E-state index contributed by atoms with van der Waals surface area (Å²) in [7, 11) is 0. The van der Waals surface area contributed by atoms with Crippen molar-refractivity contribution in [1.82, 2.24) is 14.9 Å². The van der Waals surface area contributed by atoms with Crippen LogP contribution < -0.4 is 4.90 Å². The van der Waals surface area contributed by atoms with Gasteiger partial charge in [-0.3, -0.25) is 4.79 Å². The Bertz CT molecular complexity index is 1040. The van der Waals surface area contributed by atoms with E-state index < -0.39 is 0 Å². The van der Waals surface area contributed by atoms with Gasteiger partial charge < -0.3 is 9.80 Å². The van der Waals surface area contributed by atoms with E-state index in [1.165, 1.54) is 17.5 Å². The molecule has 2 aromatic carbocycles. The molecular formula is C25H26N4O. The molecule has 1 aromatic heterocycles. The topological polar surface area (TPSA) is 49.3 Å². The number of anilines is 1. The Kier molecular flexibility index (Phi) is 5.18. The molecule has 0 aliphatic carbocycles. The Balaban J connectivity index is 1.49. The van der Waals surface area contributed by atoms with Gasteiger partial charge in [-0.25, -0.2) is 9.97 Å². The molecule has 0 N–H and O–H groups in total. The van der Waals surface area contributed by atoms with Crippen LogP contribution >= 0.6 is 0 Å². The molecule has 5 heteroatoms. The molecule has 5 nitrogen and oxygen atoms in total. The number of nitrogens with zero attached hydrogens (tertiary/aromatic N) is 4. The van der Waals surface area contributed by atoms with Gasteiger partial charge in [-0.2, -0.15) is 0 Å². The quantitative estimate of drug-likeness (QED) is 0.659. The minimum absolute atomic E-state index is 0.0117. The van der Waals surface area contributed by atoms with Gasteiger partial charge in [0, 0.05) is 37.8 Å². The van der Waals surface area contributed by atoms with E-state index >= 15 is 0 Å². The molecule has 152 valence electrons. The average Bonchev–Trinajstić information content (AvgIpc) is 2.84. The SMILES string of the molecule is O=C(c1cc(N2CCCCC2)nc(-c2ccccc2)n1)N1CCc2ccccc2C1. The number of rotatable bonds is 3. The Hall–Kier alpha value is -3.21. The van der Waals surface area contributed by atoms with Crippen molar-refractivity contribution in [2.75, 3.05) is 24.5 Å². The Labute approximate surface area is 177 Å². The summed E-state index contributed by atoms with van der Waals surface area (Å²) < 4.78 is 0. The summed E-state index contributed by atoms with van der Waals surface area (Å²) in [5, 5.41) is 0. The second-order valence-electron chi connectivity index (χ2n) is 8.09. The van der Waals surface area contributed by atoms with Gasteiger partial charge in [0.15, 0.2) is 5.82 Å². The number of amides is 1. The first-order valence-electron chi connectivity index (χ1n) is 10.8. The lowest BCUT2D eigenvalue weighted by atomic mass is 10.00. The molecule has 0 saturated carbocycles. The molecular weight excluding hydrogens is 372 g/mol. The molecule has 3 heterocycles. The van der Waals surface area contributed by atoms with Crippen LogP contribution in [0, 0.1) is 0 Å². The zero-order valence-corrected chi connectivity index (χ0v) is 17.1. The number of carbonyl (C=O) groups is 1. The number of fused-ring (bicyclic) bond motifs is 1. The summed E-state index contributed by atoms with van der Waals surface area (Å²) in [6.07, 6.45) is 4.47. The van der Waals surface area contributed by atoms with E-state index in [1.54, 1.807) is 0 Å². The molecule has 0 unspecified atom stereocenters. The highest BCUT2D eigenvalue weighted by atomic mass is 16.2. The van der Waals surface area contributed by atoms with E-state index in [1.807, 2.05) is 47.4 Å². The largest absolute Gasteiger partial charge is 0.356 e. The summed E-state index contributed by atoms with van der Waals surface area (Å²) in [5.74, 6) is 1.48. The van der Waals surface area contributed by atoms with Gasteiger partial charge in [0.1, 0.15) is 11.5 Å². The van der Waals surface area contributed by atoms with E-state index in [-0.39, 0.29) is 5.91 Å². The third-order valence-electron chi connectivity index (χ3n) is 6.06. The first-order valence-corrected chi connectivity index (χ1v) is 10.8. The predicted octanol–water partition coefficient (Wildman–Crippen LogP) is 4.33. The zero-order chi connectivity index (χ0) is 20.3. The van der Waals surface area contributed by atoms with Crippen molar-refractivity contribution in [3.8, 4) is 11.4 Å². The smallest absolute Gasteiger partial charge is 0.272 e. The van der Waals surface area contributed by atoms with E-state index in [0.29, 0.717) is 18.1 Å². The molecule has 1 amide bonds. The lowest BCUT2D eigenvalue weighted by Crippen LogP contribution is -2.37. The molecule has 0 bridgehead atoms.